The lowest BCUT2D eigenvalue weighted by Gasteiger charge is -2.35. The summed E-state index contributed by atoms with van der Waals surface area (Å²) < 4.78 is 0.829. The standard InChI is InChI=1S/C19H24N4O3S/c24-18(12-14-4-2-1-3-5-14)21-8-10-22(11-9-21)19-20-16-7-6-15(23(25)26)13-17(16)27-19/h6-7,13-14H,1-5,8-12H2. The summed E-state index contributed by atoms with van der Waals surface area (Å²) in [6.07, 6.45) is 6.94. The summed E-state index contributed by atoms with van der Waals surface area (Å²) in [5.74, 6) is 0.866. The highest BCUT2D eigenvalue weighted by Gasteiger charge is 2.25. The number of nitro groups is 1. The minimum absolute atomic E-state index is 0.0934. The summed E-state index contributed by atoms with van der Waals surface area (Å²) in [5, 5.41) is 11.8. The number of benzene rings is 1. The number of nitro benzene ring substituents is 1. The van der Waals surface area contributed by atoms with E-state index in [1.807, 2.05) is 4.90 Å². The second-order valence-electron chi connectivity index (χ2n) is 7.48. The second-order valence-corrected chi connectivity index (χ2v) is 8.49. The fourth-order valence-corrected chi connectivity index (χ4v) is 5.11. The van der Waals surface area contributed by atoms with Crippen LogP contribution in [-0.4, -0.2) is 46.9 Å². The molecule has 2 fully saturated rings. The first kappa shape index (κ1) is 18.2. The number of aromatic nitrogens is 1. The summed E-state index contributed by atoms with van der Waals surface area (Å²) >= 11 is 1.48. The molecular weight excluding hydrogens is 364 g/mol. The lowest BCUT2D eigenvalue weighted by molar-refractivity contribution is -0.384. The van der Waals surface area contributed by atoms with E-state index in [0.29, 0.717) is 18.2 Å². The maximum Gasteiger partial charge on any atom is 0.270 e. The van der Waals surface area contributed by atoms with E-state index in [9.17, 15) is 14.9 Å². The van der Waals surface area contributed by atoms with Crippen molar-refractivity contribution in [2.24, 2.45) is 5.92 Å². The van der Waals surface area contributed by atoms with Gasteiger partial charge in [-0.15, -0.1) is 0 Å². The lowest BCUT2D eigenvalue weighted by Crippen LogP contribution is -2.49. The summed E-state index contributed by atoms with van der Waals surface area (Å²) in [4.78, 5) is 31.9. The first-order chi connectivity index (χ1) is 13.1. The van der Waals surface area contributed by atoms with Gasteiger partial charge >= 0.3 is 0 Å². The molecule has 2 aliphatic rings. The predicted octanol–water partition coefficient (Wildman–Crippen LogP) is 3.82. The van der Waals surface area contributed by atoms with E-state index in [2.05, 4.69) is 9.88 Å². The van der Waals surface area contributed by atoms with Crippen molar-refractivity contribution >= 4 is 38.3 Å². The third-order valence-electron chi connectivity index (χ3n) is 5.66. The number of carbonyl (C=O) groups is 1. The minimum Gasteiger partial charge on any atom is -0.345 e. The molecule has 1 amide bonds. The van der Waals surface area contributed by atoms with Crippen LogP contribution in [0.15, 0.2) is 18.2 Å². The van der Waals surface area contributed by atoms with Crippen molar-refractivity contribution in [1.29, 1.82) is 0 Å². The van der Waals surface area contributed by atoms with Crippen molar-refractivity contribution in [2.75, 3.05) is 31.1 Å². The van der Waals surface area contributed by atoms with Crippen LogP contribution in [0.1, 0.15) is 38.5 Å². The average molecular weight is 388 g/mol. The number of non-ortho nitro benzene ring substituents is 1. The smallest absolute Gasteiger partial charge is 0.270 e. The van der Waals surface area contributed by atoms with Gasteiger partial charge in [0.1, 0.15) is 0 Å². The van der Waals surface area contributed by atoms with Crippen molar-refractivity contribution < 1.29 is 9.72 Å². The Bertz CT molecular complexity index is 839. The Hall–Kier alpha value is -2.22. The lowest BCUT2D eigenvalue weighted by atomic mass is 9.86. The molecule has 1 aromatic carbocycles. The molecule has 1 aliphatic carbocycles. The van der Waals surface area contributed by atoms with Crippen LogP contribution in [0.3, 0.4) is 0 Å². The fourth-order valence-electron chi connectivity index (χ4n) is 4.06. The number of carbonyl (C=O) groups excluding carboxylic acids is 1. The normalized spacial score (nSPS) is 18.8. The zero-order valence-corrected chi connectivity index (χ0v) is 16.1. The van der Waals surface area contributed by atoms with E-state index < -0.39 is 0 Å². The van der Waals surface area contributed by atoms with Gasteiger partial charge in [-0.2, -0.15) is 0 Å². The van der Waals surface area contributed by atoms with Gasteiger partial charge in [-0.25, -0.2) is 4.98 Å². The van der Waals surface area contributed by atoms with E-state index in [0.717, 1.165) is 41.5 Å². The SMILES string of the molecule is O=C(CC1CCCCC1)N1CCN(c2nc3ccc([N+](=O)[O-])cc3s2)CC1. The Morgan fingerprint density at radius 1 is 1.19 bits per heavy atom. The van der Waals surface area contributed by atoms with E-state index in [1.165, 1.54) is 49.5 Å². The van der Waals surface area contributed by atoms with Crippen LogP contribution in [0.2, 0.25) is 0 Å². The van der Waals surface area contributed by atoms with Gasteiger partial charge in [0.2, 0.25) is 5.91 Å². The number of amides is 1. The van der Waals surface area contributed by atoms with Gasteiger partial charge in [-0.05, 0) is 24.8 Å². The predicted molar refractivity (Wildman–Crippen MR) is 106 cm³/mol. The molecule has 0 unspecified atom stereocenters. The van der Waals surface area contributed by atoms with Crippen molar-refractivity contribution in [3.05, 3.63) is 28.3 Å². The maximum absolute atomic E-state index is 12.6. The van der Waals surface area contributed by atoms with E-state index >= 15 is 0 Å². The average Bonchev–Trinajstić information content (AvgIpc) is 3.12. The highest BCUT2D eigenvalue weighted by Crippen LogP contribution is 2.32. The van der Waals surface area contributed by atoms with Crippen LogP contribution < -0.4 is 4.90 Å². The van der Waals surface area contributed by atoms with Crippen LogP contribution in [-0.2, 0) is 4.79 Å². The molecule has 0 bridgehead atoms. The third-order valence-corrected chi connectivity index (χ3v) is 6.74. The first-order valence-corrected chi connectivity index (χ1v) is 10.5. The van der Waals surface area contributed by atoms with Gasteiger partial charge in [0.25, 0.3) is 5.69 Å². The topological polar surface area (TPSA) is 79.6 Å². The molecule has 27 heavy (non-hydrogen) atoms. The van der Waals surface area contributed by atoms with E-state index in [1.54, 1.807) is 12.1 Å². The van der Waals surface area contributed by atoms with Crippen LogP contribution in [0, 0.1) is 16.0 Å². The number of fused-ring (bicyclic) bond motifs is 1. The molecule has 1 aliphatic heterocycles. The number of thiazole rings is 1. The number of anilines is 1. The third kappa shape index (κ3) is 4.05. The van der Waals surface area contributed by atoms with Crippen LogP contribution in [0.25, 0.3) is 10.2 Å². The second kappa shape index (κ2) is 7.80. The Morgan fingerprint density at radius 2 is 1.93 bits per heavy atom. The van der Waals surface area contributed by atoms with Crippen molar-refractivity contribution in [1.82, 2.24) is 9.88 Å². The zero-order chi connectivity index (χ0) is 18.8. The highest BCUT2D eigenvalue weighted by molar-refractivity contribution is 7.22. The number of piperazine rings is 1. The molecule has 7 nitrogen and oxygen atoms in total. The van der Waals surface area contributed by atoms with Gasteiger partial charge in [-0.1, -0.05) is 30.6 Å². The van der Waals surface area contributed by atoms with Gasteiger partial charge in [0.05, 0.1) is 15.1 Å². The van der Waals surface area contributed by atoms with Gasteiger partial charge in [0.15, 0.2) is 5.13 Å². The van der Waals surface area contributed by atoms with Crippen molar-refractivity contribution in [2.45, 2.75) is 38.5 Å². The van der Waals surface area contributed by atoms with Crippen LogP contribution in [0.5, 0.6) is 0 Å². The summed E-state index contributed by atoms with van der Waals surface area (Å²) in [6, 6.07) is 4.78. The molecule has 0 N–H and O–H groups in total. The molecule has 1 aromatic heterocycles. The minimum atomic E-state index is -0.379. The Balaban J connectivity index is 1.36. The molecule has 144 valence electrons. The van der Waals surface area contributed by atoms with Crippen molar-refractivity contribution in [3.8, 4) is 0 Å². The fraction of sp³-hybridized carbons (Fsp3) is 0.579. The van der Waals surface area contributed by atoms with E-state index in [-0.39, 0.29) is 10.6 Å². The largest absolute Gasteiger partial charge is 0.345 e. The van der Waals surface area contributed by atoms with Gasteiger partial charge < -0.3 is 9.80 Å². The monoisotopic (exact) mass is 388 g/mol. The highest BCUT2D eigenvalue weighted by atomic mass is 32.1. The quantitative estimate of drug-likeness (QED) is 0.587. The molecule has 1 saturated heterocycles. The summed E-state index contributed by atoms with van der Waals surface area (Å²) in [6.45, 7) is 2.97. The molecule has 0 spiro atoms. The molecule has 4 rings (SSSR count). The Labute approximate surface area is 162 Å². The Kier molecular flexibility index (Phi) is 5.24. The summed E-state index contributed by atoms with van der Waals surface area (Å²) in [5.41, 5.74) is 0.882. The first-order valence-electron chi connectivity index (χ1n) is 9.68. The Morgan fingerprint density at radius 3 is 2.63 bits per heavy atom. The molecule has 1 saturated carbocycles. The van der Waals surface area contributed by atoms with Crippen molar-refractivity contribution in [3.63, 3.8) is 0 Å². The molecular formula is C19H24N4O3S. The molecule has 8 heteroatoms. The van der Waals surface area contributed by atoms with Crippen LogP contribution in [0.4, 0.5) is 10.8 Å². The summed E-state index contributed by atoms with van der Waals surface area (Å²) in [7, 11) is 0. The number of rotatable bonds is 4. The van der Waals surface area contributed by atoms with Crippen LogP contribution >= 0.6 is 11.3 Å². The zero-order valence-electron chi connectivity index (χ0n) is 15.3. The number of hydrogen-bond acceptors (Lipinski definition) is 6. The van der Waals surface area contributed by atoms with E-state index in [4.69, 9.17) is 0 Å². The maximum atomic E-state index is 12.6. The molecule has 2 aromatic rings. The molecule has 0 radical (unpaired) electrons. The van der Waals surface area contributed by atoms with Gasteiger partial charge in [0, 0.05) is 44.7 Å². The number of nitrogens with zero attached hydrogens (tertiary/aromatic N) is 4. The number of hydrogen-bond donors (Lipinski definition) is 0. The molecule has 0 atom stereocenters. The molecule has 2 heterocycles. The van der Waals surface area contributed by atoms with Gasteiger partial charge in [-0.3, -0.25) is 14.9 Å².